The molecule has 2 aliphatic rings. The molecule has 0 spiro atoms. The SMILES string of the molecule is CCOC(=O)CC1=NN(c2ccccc2)[C@H]([C-]=[O+][C@@H]2C[C@H](C)CC[C@H]2C(C)C)[C@H]1c1ccccc1. The van der Waals surface area contributed by atoms with E-state index in [-0.39, 0.29) is 30.5 Å². The highest BCUT2D eigenvalue weighted by Crippen LogP contribution is 2.37. The monoisotopic (exact) mass is 474 g/mol. The van der Waals surface area contributed by atoms with E-state index < -0.39 is 0 Å². The number of hydrogen-bond donors (Lipinski definition) is 0. The molecule has 1 saturated carbocycles. The van der Waals surface area contributed by atoms with Crippen LogP contribution in [0.25, 0.3) is 0 Å². The molecular weight excluding hydrogens is 436 g/mol. The van der Waals surface area contributed by atoms with Gasteiger partial charge >= 0.3 is 5.97 Å². The summed E-state index contributed by atoms with van der Waals surface area (Å²) in [6.45, 7) is 9.07. The van der Waals surface area contributed by atoms with Crippen LogP contribution in [0.5, 0.6) is 0 Å². The fraction of sp³-hybridized carbons (Fsp3) is 0.500. The Balaban J connectivity index is 1.72. The Hall–Kier alpha value is -2.95. The van der Waals surface area contributed by atoms with Gasteiger partial charge in [0.2, 0.25) is 6.10 Å². The highest BCUT2D eigenvalue weighted by Gasteiger charge is 2.39. The first-order chi connectivity index (χ1) is 17.0. The van der Waals surface area contributed by atoms with E-state index in [2.05, 4.69) is 39.2 Å². The average Bonchev–Trinajstić information content (AvgIpc) is 3.21. The fourth-order valence-corrected chi connectivity index (χ4v) is 5.45. The van der Waals surface area contributed by atoms with Gasteiger partial charge in [0.25, 0.3) is 0 Å². The van der Waals surface area contributed by atoms with Crippen molar-refractivity contribution in [2.24, 2.45) is 22.9 Å². The summed E-state index contributed by atoms with van der Waals surface area (Å²) in [4.78, 5) is 12.5. The molecule has 0 unspecified atom stereocenters. The summed E-state index contributed by atoms with van der Waals surface area (Å²) in [5.74, 6) is 1.30. The Bertz CT molecular complexity index is 1020. The van der Waals surface area contributed by atoms with Gasteiger partial charge in [0.1, 0.15) is 0 Å². The zero-order valence-corrected chi connectivity index (χ0v) is 21.4. The molecule has 1 heterocycles. The molecule has 5 atom stereocenters. The van der Waals surface area contributed by atoms with Gasteiger partial charge < -0.3 is 9.16 Å². The van der Waals surface area contributed by atoms with Crippen molar-refractivity contribution in [3.05, 3.63) is 66.2 Å². The molecule has 35 heavy (non-hydrogen) atoms. The molecule has 0 radical (unpaired) electrons. The lowest BCUT2D eigenvalue weighted by atomic mass is 9.75. The van der Waals surface area contributed by atoms with E-state index in [1.807, 2.05) is 60.5 Å². The van der Waals surface area contributed by atoms with Crippen molar-refractivity contribution in [1.82, 2.24) is 0 Å². The molecule has 2 aromatic rings. The van der Waals surface area contributed by atoms with Crippen LogP contribution in [0.4, 0.5) is 5.69 Å². The zero-order chi connectivity index (χ0) is 24.8. The second kappa shape index (κ2) is 11.7. The second-order valence-electron chi connectivity index (χ2n) is 10.2. The van der Waals surface area contributed by atoms with Gasteiger partial charge in [0, 0.05) is 30.6 Å². The minimum Gasteiger partial charge on any atom is -0.466 e. The number of para-hydroxylation sites is 1. The predicted octanol–water partition coefficient (Wildman–Crippen LogP) is 6.07. The lowest BCUT2D eigenvalue weighted by Crippen LogP contribution is -2.37. The number of nitrogens with zero attached hydrogens (tertiary/aromatic N) is 2. The molecule has 0 saturated heterocycles. The van der Waals surface area contributed by atoms with Crippen LogP contribution in [-0.2, 0) is 14.0 Å². The van der Waals surface area contributed by atoms with Crippen LogP contribution in [0.15, 0.2) is 65.8 Å². The number of rotatable bonds is 8. The molecule has 186 valence electrons. The smallest absolute Gasteiger partial charge is 0.311 e. The highest BCUT2D eigenvalue weighted by atomic mass is 16.5. The van der Waals surface area contributed by atoms with Gasteiger partial charge in [-0.05, 0) is 49.3 Å². The summed E-state index contributed by atoms with van der Waals surface area (Å²) in [5, 5.41) is 6.92. The van der Waals surface area contributed by atoms with Crippen molar-refractivity contribution in [2.75, 3.05) is 11.6 Å². The molecule has 4 rings (SSSR count). The number of ether oxygens (including phenoxy) is 1. The van der Waals surface area contributed by atoms with E-state index >= 15 is 0 Å². The normalized spacial score (nSPS) is 26.8. The van der Waals surface area contributed by atoms with E-state index in [1.165, 1.54) is 12.8 Å². The first-order valence-electron chi connectivity index (χ1n) is 13.0. The molecule has 0 amide bonds. The largest absolute Gasteiger partial charge is 0.466 e. The molecule has 1 aliphatic heterocycles. The van der Waals surface area contributed by atoms with Gasteiger partial charge in [0.15, 0.2) is 0 Å². The van der Waals surface area contributed by atoms with E-state index in [4.69, 9.17) is 14.3 Å². The quantitative estimate of drug-likeness (QED) is 0.265. The summed E-state index contributed by atoms with van der Waals surface area (Å²) in [7, 11) is 0. The van der Waals surface area contributed by atoms with Gasteiger partial charge in [-0.2, -0.15) is 5.10 Å². The van der Waals surface area contributed by atoms with Crippen molar-refractivity contribution in [3.8, 4) is 0 Å². The van der Waals surface area contributed by atoms with Crippen molar-refractivity contribution < 1.29 is 14.0 Å². The van der Waals surface area contributed by atoms with Gasteiger partial charge in [-0.3, -0.25) is 9.80 Å². The van der Waals surface area contributed by atoms with Crippen LogP contribution in [0.3, 0.4) is 0 Å². The molecule has 5 nitrogen and oxygen atoms in total. The number of esters is 1. The van der Waals surface area contributed by atoms with Crippen LogP contribution < -0.4 is 5.01 Å². The fourth-order valence-electron chi connectivity index (χ4n) is 5.45. The Morgan fingerprint density at radius 1 is 1.11 bits per heavy atom. The highest BCUT2D eigenvalue weighted by molar-refractivity contribution is 6.07. The van der Waals surface area contributed by atoms with Crippen LogP contribution >= 0.6 is 0 Å². The maximum absolute atomic E-state index is 12.5. The van der Waals surface area contributed by atoms with Crippen LogP contribution in [0.2, 0.25) is 0 Å². The summed E-state index contributed by atoms with van der Waals surface area (Å²) in [6, 6.07) is 20.0. The van der Waals surface area contributed by atoms with Gasteiger partial charge in [-0.15, -0.1) is 0 Å². The first-order valence-corrected chi connectivity index (χ1v) is 13.0. The lowest BCUT2D eigenvalue weighted by molar-refractivity contribution is -0.141. The van der Waals surface area contributed by atoms with E-state index in [0.29, 0.717) is 24.4 Å². The van der Waals surface area contributed by atoms with Crippen molar-refractivity contribution in [2.45, 2.75) is 71.4 Å². The molecule has 2 aromatic carbocycles. The standard InChI is InChI=1S/C30H38N2O3/c1-5-34-29(33)19-26-30(23-12-8-6-9-13-23)27(32(31-26)24-14-10-7-11-15-24)20-35-28-18-22(4)16-17-25(28)21(2)3/h6-15,21-22,25,27-28,30H,5,16-19H2,1-4H3/t22-,25+,27-,28-,30+/m1/s1. The number of hydrazone groups is 1. The molecule has 1 aliphatic carbocycles. The van der Waals surface area contributed by atoms with Gasteiger partial charge in [-0.1, -0.05) is 69.3 Å². The average molecular weight is 475 g/mol. The first kappa shape index (κ1) is 25.2. The summed E-state index contributed by atoms with van der Waals surface area (Å²) in [5.41, 5.74) is 2.82. The molecule has 5 heteroatoms. The van der Waals surface area contributed by atoms with E-state index in [0.717, 1.165) is 23.4 Å². The summed E-state index contributed by atoms with van der Waals surface area (Å²) in [6.07, 6.45) is 7.21. The maximum Gasteiger partial charge on any atom is 0.311 e. The number of carbonyl (C=O) groups is 1. The minimum atomic E-state index is -0.283. The third-order valence-corrected chi connectivity index (χ3v) is 7.29. The van der Waals surface area contributed by atoms with Crippen LogP contribution in [0.1, 0.15) is 64.9 Å². The van der Waals surface area contributed by atoms with E-state index in [9.17, 15) is 4.79 Å². The second-order valence-corrected chi connectivity index (χ2v) is 10.2. The third-order valence-electron chi connectivity index (χ3n) is 7.29. The van der Waals surface area contributed by atoms with Crippen molar-refractivity contribution >= 4 is 23.7 Å². The Labute approximate surface area is 209 Å². The maximum atomic E-state index is 12.5. The van der Waals surface area contributed by atoms with Crippen molar-refractivity contribution in [1.29, 1.82) is 0 Å². The van der Waals surface area contributed by atoms with Crippen LogP contribution in [0, 0.1) is 17.8 Å². The molecule has 0 bridgehead atoms. The molecule has 0 N–H and O–H groups in total. The number of anilines is 1. The Morgan fingerprint density at radius 3 is 2.46 bits per heavy atom. The number of hydrogen-bond acceptors (Lipinski definition) is 4. The molecule has 1 fully saturated rings. The van der Waals surface area contributed by atoms with E-state index in [1.54, 1.807) is 0 Å². The molecular formula is C30H38N2O3. The van der Waals surface area contributed by atoms with Gasteiger partial charge in [0.05, 0.1) is 24.4 Å². The Morgan fingerprint density at radius 2 is 1.80 bits per heavy atom. The lowest BCUT2D eigenvalue weighted by Gasteiger charge is -2.33. The van der Waals surface area contributed by atoms with Crippen LogP contribution in [-0.4, -0.2) is 36.7 Å². The predicted molar refractivity (Wildman–Crippen MR) is 141 cm³/mol. The topological polar surface area (TPSA) is 53.2 Å². The molecule has 0 aromatic heterocycles. The minimum absolute atomic E-state index is 0.141. The number of carbonyl (C=O) groups excluding carboxylic acids is 2. The third kappa shape index (κ3) is 6.01. The van der Waals surface area contributed by atoms with Crippen molar-refractivity contribution in [3.63, 3.8) is 0 Å². The number of benzene rings is 2. The zero-order valence-electron chi connectivity index (χ0n) is 21.4. The summed E-state index contributed by atoms with van der Waals surface area (Å²) < 4.78 is 11.8. The van der Waals surface area contributed by atoms with Gasteiger partial charge in [-0.25, -0.2) is 0 Å². The Kier molecular flexibility index (Phi) is 8.37. The summed E-state index contributed by atoms with van der Waals surface area (Å²) >= 11 is 0.